The van der Waals surface area contributed by atoms with Gasteiger partial charge in [0.05, 0.1) is 18.8 Å². The van der Waals surface area contributed by atoms with Gasteiger partial charge in [0.1, 0.15) is 5.01 Å². The van der Waals surface area contributed by atoms with Crippen LogP contribution in [0.1, 0.15) is 51.2 Å². The molecule has 0 aromatic carbocycles. The van der Waals surface area contributed by atoms with E-state index in [-0.39, 0.29) is 5.41 Å². The maximum Gasteiger partial charge on any atom is 0.194 e. The Balaban J connectivity index is 1.85. The van der Waals surface area contributed by atoms with Crippen LogP contribution in [0, 0.1) is 5.92 Å². The summed E-state index contributed by atoms with van der Waals surface area (Å²) in [5.41, 5.74) is 1.24. The van der Waals surface area contributed by atoms with Gasteiger partial charge in [-0.1, -0.05) is 20.8 Å². The zero-order chi connectivity index (χ0) is 17.6. The molecule has 1 aliphatic carbocycles. The molecule has 0 saturated heterocycles. The molecule has 2 rings (SSSR count). The summed E-state index contributed by atoms with van der Waals surface area (Å²) >= 11 is 1.69. The van der Waals surface area contributed by atoms with Crippen molar-refractivity contribution in [1.82, 2.24) is 15.2 Å². The zero-order valence-electron chi connectivity index (χ0n) is 15.8. The number of nitrogens with one attached hydrogen (secondary N) is 1. The predicted molar refractivity (Wildman–Crippen MR) is 102 cm³/mol. The van der Waals surface area contributed by atoms with E-state index in [4.69, 9.17) is 14.7 Å². The van der Waals surface area contributed by atoms with Crippen LogP contribution in [0.15, 0.2) is 10.4 Å². The number of aromatic nitrogens is 1. The fourth-order valence-electron chi connectivity index (χ4n) is 2.18. The third-order valence-electron chi connectivity index (χ3n) is 4.00. The molecular formula is C18H32N4OS. The number of hydrogen-bond acceptors (Lipinski definition) is 4. The van der Waals surface area contributed by atoms with Gasteiger partial charge in [0, 0.05) is 37.5 Å². The first-order valence-corrected chi connectivity index (χ1v) is 9.80. The van der Waals surface area contributed by atoms with Crippen LogP contribution in [0.3, 0.4) is 0 Å². The number of likely N-dealkylation sites (N-methyl/N-ethyl adjacent to an activating group) is 1. The lowest BCUT2D eigenvalue weighted by Gasteiger charge is -2.21. The Morgan fingerprint density at radius 1 is 1.46 bits per heavy atom. The quantitative estimate of drug-likeness (QED) is 0.443. The fourth-order valence-corrected chi connectivity index (χ4v) is 3.13. The summed E-state index contributed by atoms with van der Waals surface area (Å²) in [5.74, 6) is 1.74. The van der Waals surface area contributed by atoms with Crippen molar-refractivity contribution in [3.63, 3.8) is 0 Å². The van der Waals surface area contributed by atoms with Crippen molar-refractivity contribution in [1.29, 1.82) is 0 Å². The lowest BCUT2D eigenvalue weighted by molar-refractivity contribution is 0.115. The van der Waals surface area contributed by atoms with Crippen LogP contribution in [-0.2, 0) is 16.7 Å². The third kappa shape index (κ3) is 6.40. The second-order valence-corrected chi connectivity index (χ2v) is 8.43. The molecule has 0 atom stereocenters. The second kappa shape index (κ2) is 8.81. The van der Waals surface area contributed by atoms with Crippen molar-refractivity contribution in [2.75, 3.05) is 33.4 Å². The number of aliphatic imine (C=N–C) groups is 1. The average Bonchev–Trinajstić information content (AvgIpc) is 3.21. The van der Waals surface area contributed by atoms with Gasteiger partial charge in [0.15, 0.2) is 5.96 Å². The molecule has 1 aliphatic rings. The van der Waals surface area contributed by atoms with Crippen LogP contribution in [-0.4, -0.2) is 49.2 Å². The van der Waals surface area contributed by atoms with Gasteiger partial charge in [-0.2, -0.15) is 0 Å². The van der Waals surface area contributed by atoms with Gasteiger partial charge in [-0.15, -0.1) is 11.3 Å². The van der Waals surface area contributed by atoms with Gasteiger partial charge in [-0.3, -0.25) is 0 Å². The highest BCUT2D eigenvalue weighted by Gasteiger charge is 2.21. The van der Waals surface area contributed by atoms with E-state index in [9.17, 15) is 0 Å². The maximum atomic E-state index is 5.73. The molecule has 0 unspecified atom stereocenters. The molecule has 24 heavy (non-hydrogen) atoms. The van der Waals surface area contributed by atoms with E-state index in [0.29, 0.717) is 6.54 Å². The first-order chi connectivity index (χ1) is 11.4. The summed E-state index contributed by atoms with van der Waals surface area (Å²) in [6.45, 7) is 12.7. The van der Waals surface area contributed by atoms with Crippen LogP contribution < -0.4 is 5.32 Å². The van der Waals surface area contributed by atoms with Crippen LogP contribution >= 0.6 is 11.3 Å². The van der Waals surface area contributed by atoms with Crippen molar-refractivity contribution < 1.29 is 4.74 Å². The zero-order valence-corrected chi connectivity index (χ0v) is 16.6. The molecule has 1 fully saturated rings. The molecular weight excluding hydrogens is 320 g/mol. The summed E-state index contributed by atoms with van der Waals surface area (Å²) < 4.78 is 5.73. The molecule has 0 radical (unpaired) electrons. The lowest BCUT2D eigenvalue weighted by atomic mass is 9.93. The maximum absolute atomic E-state index is 5.73. The standard InChI is InChI=1S/C18H32N4OS/c1-6-19-17(22(5)9-10-23-12-14-7-8-14)20-11-16-21-15(13-24-16)18(2,3)4/h13-14H,6-12H2,1-5H3,(H,19,20). The summed E-state index contributed by atoms with van der Waals surface area (Å²) in [4.78, 5) is 11.6. The Labute approximate surface area is 150 Å². The number of rotatable bonds is 8. The largest absolute Gasteiger partial charge is 0.379 e. The second-order valence-electron chi connectivity index (χ2n) is 7.49. The van der Waals surface area contributed by atoms with Crippen molar-refractivity contribution in [2.24, 2.45) is 10.9 Å². The highest BCUT2D eigenvalue weighted by molar-refractivity contribution is 7.09. The van der Waals surface area contributed by atoms with Gasteiger partial charge >= 0.3 is 0 Å². The predicted octanol–water partition coefficient (Wildman–Crippen LogP) is 3.26. The Bertz CT molecular complexity index is 531. The van der Waals surface area contributed by atoms with Crippen LogP contribution in [0.2, 0.25) is 0 Å². The normalized spacial score (nSPS) is 15.6. The number of nitrogens with zero attached hydrogens (tertiary/aromatic N) is 3. The number of guanidine groups is 1. The Hall–Kier alpha value is -1.14. The lowest BCUT2D eigenvalue weighted by Crippen LogP contribution is -2.40. The Morgan fingerprint density at radius 2 is 2.21 bits per heavy atom. The molecule has 0 bridgehead atoms. The highest BCUT2D eigenvalue weighted by Crippen LogP contribution is 2.28. The van der Waals surface area contributed by atoms with E-state index >= 15 is 0 Å². The summed E-state index contributed by atoms with van der Waals surface area (Å²) in [5, 5.41) is 6.56. The van der Waals surface area contributed by atoms with Gasteiger partial charge in [-0.05, 0) is 25.7 Å². The topological polar surface area (TPSA) is 49.8 Å². The van der Waals surface area contributed by atoms with Gasteiger partial charge < -0.3 is 15.0 Å². The van der Waals surface area contributed by atoms with Crippen LogP contribution in [0.5, 0.6) is 0 Å². The molecule has 1 saturated carbocycles. The molecule has 0 aliphatic heterocycles. The minimum absolute atomic E-state index is 0.0959. The first kappa shape index (κ1) is 19.2. The number of hydrogen-bond donors (Lipinski definition) is 1. The van der Waals surface area contributed by atoms with E-state index < -0.39 is 0 Å². The van der Waals surface area contributed by atoms with E-state index in [1.54, 1.807) is 11.3 Å². The van der Waals surface area contributed by atoms with Crippen molar-refractivity contribution in [3.05, 3.63) is 16.1 Å². The minimum Gasteiger partial charge on any atom is -0.379 e. The van der Waals surface area contributed by atoms with Gasteiger partial charge in [-0.25, -0.2) is 9.98 Å². The van der Waals surface area contributed by atoms with E-state index in [2.05, 4.69) is 50.3 Å². The monoisotopic (exact) mass is 352 g/mol. The summed E-state index contributed by atoms with van der Waals surface area (Å²) in [6, 6.07) is 0. The van der Waals surface area contributed by atoms with Crippen molar-refractivity contribution in [3.8, 4) is 0 Å². The molecule has 6 heteroatoms. The van der Waals surface area contributed by atoms with Gasteiger partial charge in [0.2, 0.25) is 0 Å². The number of thiazole rings is 1. The van der Waals surface area contributed by atoms with Gasteiger partial charge in [0.25, 0.3) is 0 Å². The molecule has 5 nitrogen and oxygen atoms in total. The van der Waals surface area contributed by atoms with Crippen molar-refractivity contribution >= 4 is 17.3 Å². The molecule has 0 spiro atoms. The molecule has 1 aromatic rings. The Kier molecular flexibility index (Phi) is 7.04. The minimum atomic E-state index is 0.0959. The van der Waals surface area contributed by atoms with Crippen LogP contribution in [0.25, 0.3) is 0 Å². The average molecular weight is 353 g/mol. The molecule has 1 aromatic heterocycles. The SMILES string of the molecule is CCNC(=NCc1nc(C(C)(C)C)cs1)N(C)CCOCC1CC1. The Morgan fingerprint density at radius 3 is 2.79 bits per heavy atom. The highest BCUT2D eigenvalue weighted by atomic mass is 32.1. The van der Waals surface area contributed by atoms with E-state index in [0.717, 1.165) is 48.9 Å². The van der Waals surface area contributed by atoms with E-state index in [1.807, 2.05) is 0 Å². The summed E-state index contributed by atoms with van der Waals surface area (Å²) in [7, 11) is 2.06. The molecule has 1 N–H and O–H groups in total. The molecule has 0 amide bonds. The smallest absolute Gasteiger partial charge is 0.194 e. The number of ether oxygens (including phenoxy) is 1. The van der Waals surface area contributed by atoms with E-state index in [1.165, 1.54) is 12.8 Å². The third-order valence-corrected chi connectivity index (χ3v) is 4.84. The summed E-state index contributed by atoms with van der Waals surface area (Å²) in [6.07, 6.45) is 2.68. The fraction of sp³-hybridized carbons (Fsp3) is 0.778. The molecule has 1 heterocycles. The van der Waals surface area contributed by atoms with Crippen LogP contribution in [0.4, 0.5) is 0 Å². The molecule has 136 valence electrons. The first-order valence-electron chi connectivity index (χ1n) is 8.92. The van der Waals surface area contributed by atoms with Crippen molar-refractivity contribution in [2.45, 2.75) is 52.5 Å².